The summed E-state index contributed by atoms with van der Waals surface area (Å²) in [6.45, 7) is 0.733. The standard InChI is InChI=1S/C18H21N3O3/c1-23-15-6-3-5-13(11-15)16-7-4-10-21(16)18(22)20-14-8-9-17(24-2)19-12-14/h3,5-6,8-9,11-12,16H,4,7,10H2,1-2H3,(H,20,22). The summed E-state index contributed by atoms with van der Waals surface area (Å²) in [6, 6.07) is 11.3. The molecule has 0 aliphatic carbocycles. The predicted molar refractivity (Wildman–Crippen MR) is 91.5 cm³/mol. The number of anilines is 1. The number of urea groups is 1. The van der Waals surface area contributed by atoms with Crippen LogP contribution in [-0.2, 0) is 0 Å². The van der Waals surface area contributed by atoms with E-state index in [-0.39, 0.29) is 12.1 Å². The molecule has 24 heavy (non-hydrogen) atoms. The van der Waals surface area contributed by atoms with Gasteiger partial charge in [-0.05, 0) is 36.6 Å². The van der Waals surface area contributed by atoms with E-state index in [1.807, 2.05) is 29.2 Å². The van der Waals surface area contributed by atoms with Crippen LogP contribution in [0, 0.1) is 0 Å². The number of hydrogen-bond donors (Lipinski definition) is 1. The summed E-state index contributed by atoms with van der Waals surface area (Å²) in [7, 11) is 3.21. The Kier molecular flexibility index (Phi) is 4.84. The summed E-state index contributed by atoms with van der Waals surface area (Å²) in [5, 5.41) is 2.90. The topological polar surface area (TPSA) is 63.7 Å². The summed E-state index contributed by atoms with van der Waals surface area (Å²) < 4.78 is 10.3. The van der Waals surface area contributed by atoms with Crippen LogP contribution in [0.15, 0.2) is 42.6 Å². The van der Waals surface area contributed by atoms with Crippen molar-refractivity contribution < 1.29 is 14.3 Å². The number of carbonyl (C=O) groups excluding carboxylic acids is 1. The molecule has 2 heterocycles. The minimum absolute atomic E-state index is 0.0614. The van der Waals surface area contributed by atoms with Gasteiger partial charge in [0.15, 0.2) is 0 Å². The number of aromatic nitrogens is 1. The quantitative estimate of drug-likeness (QED) is 0.934. The van der Waals surface area contributed by atoms with Crippen LogP contribution < -0.4 is 14.8 Å². The van der Waals surface area contributed by atoms with Gasteiger partial charge in [-0.25, -0.2) is 9.78 Å². The van der Waals surface area contributed by atoms with Crippen LogP contribution in [0.4, 0.5) is 10.5 Å². The van der Waals surface area contributed by atoms with Crippen molar-refractivity contribution in [2.24, 2.45) is 0 Å². The SMILES string of the molecule is COc1cccc(C2CCCN2C(=O)Nc2ccc(OC)nc2)c1. The van der Waals surface area contributed by atoms with Crippen LogP contribution in [0.3, 0.4) is 0 Å². The number of benzene rings is 1. The van der Waals surface area contributed by atoms with E-state index in [0.717, 1.165) is 30.7 Å². The first-order valence-electron chi connectivity index (χ1n) is 7.93. The number of methoxy groups -OCH3 is 2. The molecule has 0 saturated carbocycles. The van der Waals surface area contributed by atoms with Crippen molar-refractivity contribution in [2.45, 2.75) is 18.9 Å². The molecule has 2 amide bonds. The molecule has 6 heteroatoms. The van der Waals surface area contributed by atoms with Crippen molar-refractivity contribution in [3.8, 4) is 11.6 Å². The lowest BCUT2D eigenvalue weighted by Crippen LogP contribution is -2.34. The van der Waals surface area contributed by atoms with Crippen molar-refractivity contribution in [1.29, 1.82) is 0 Å². The Hall–Kier alpha value is -2.76. The Morgan fingerprint density at radius 1 is 1.25 bits per heavy atom. The molecule has 1 aliphatic rings. The Bertz CT molecular complexity index is 703. The lowest BCUT2D eigenvalue weighted by atomic mass is 10.0. The molecule has 0 radical (unpaired) electrons. The number of pyridine rings is 1. The number of carbonyl (C=O) groups is 1. The first-order valence-corrected chi connectivity index (χ1v) is 7.93. The fourth-order valence-corrected chi connectivity index (χ4v) is 2.98. The van der Waals surface area contributed by atoms with Gasteiger partial charge in [0.1, 0.15) is 5.75 Å². The zero-order valence-electron chi connectivity index (χ0n) is 13.9. The second-order valence-corrected chi connectivity index (χ2v) is 5.65. The molecule has 126 valence electrons. The summed E-state index contributed by atoms with van der Waals surface area (Å²) in [5.74, 6) is 1.32. The molecule has 3 rings (SSSR count). The molecule has 1 fully saturated rings. The number of hydrogen-bond acceptors (Lipinski definition) is 4. The zero-order chi connectivity index (χ0) is 16.9. The second-order valence-electron chi connectivity index (χ2n) is 5.65. The molecule has 1 saturated heterocycles. The van der Waals surface area contributed by atoms with Crippen molar-refractivity contribution >= 4 is 11.7 Å². The van der Waals surface area contributed by atoms with E-state index >= 15 is 0 Å². The van der Waals surface area contributed by atoms with Crippen LogP contribution in [0.1, 0.15) is 24.4 Å². The highest BCUT2D eigenvalue weighted by Gasteiger charge is 2.30. The Morgan fingerprint density at radius 3 is 2.83 bits per heavy atom. The molecule has 1 aromatic heterocycles. The van der Waals surface area contributed by atoms with Crippen LogP contribution in [0.2, 0.25) is 0 Å². The predicted octanol–water partition coefficient (Wildman–Crippen LogP) is 3.47. The monoisotopic (exact) mass is 327 g/mol. The molecular weight excluding hydrogens is 306 g/mol. The van der Waals surface area contributed by atoms with Gasteiger partial charge in [-0.3, -0.25) is 0 Å². The summed E-state index contributed by atoms with van der Waals surface area (Å²) in [4.78, 5) is 18.6. The van der Waals surface area contributed by atoms with E-state index < -0.39 is 0 Å². The highest BCUT2D eigenvalue weighted by Crippen LogP contribution is 2.33. The van der Waals surface area contributed by atoms with Crippen molar-refractivity contribution in [2.75, 3.05) is 26.1 Å². The minimum atomic E-state index is -0.118. The third-order valence-electron chi connectivity index (χ3n) is 4.19. The van der Waals surface area contributed by atoms with Gasteiger partial charge in [-0.1, -0.05) is 12.1 Å². The average Bonchev–Trinajstić information content (AvgIpc) is 3.12. The highest BCUT2D eigenvalue weighted by atomic mass is 16.5. The van der Waals surface area contributed by atoms with Crippen LogP contribution in [0.5, 0.6) is 11.6 Å². The van der Waals surface area contributed by atoms with Crippen molar-refractivity contribution in [3.05, 3.63) is 48.2 Å². The zero-order valence-corrected chi connectivity index (χ0v) is 13.9. The number of likely N-dealkylation sites (tertiary alicyclic amines) is 1. The first-order chi connectivity index (χ1) is 11.7. The molecular formula is C18H21N3O3. The van der Waals surface area contributed by atoms with E-state index in [9.17, 15) is 4.79 Å². The Labute approximate surface area is 141 Å². The van der Waals surface area contributed by atoms with Crippen molar-refractivity contribution in [1.82, 2.24) is 9.88 Å². The van der Waals surface area contributed by atoms with Crippen LogP contribution >= 0.6 is 0 Å². The molecule has 1 aromatic carbocycles. The van der Waals surface area contributed by atoms with E-state index in [0.29, 0.717) is 11.6 Å². The summed E-state index contributed by atoms with van der Waals surface area (Å²) >= 11 is 0. The van der Waals surface area contributed by atoms with Gasteiger partial charge in [0.05, 0.1) is 32.1 Å². The number of rotatable bonds is 4. The Balaban J connectivity index is 1.72. The number of nitrogens with one attached hydrogen (secondary N) is 1. The Morgan fingerprint density at radius 2 is 2.12 bits per heavy atom. The largest absolute Gasteiger partial charge is 0.497 e. The van der Waals surface area contributed by atoms with Gasteiger partial charge in [-0.15, -0.1) is 0 Å². The maximum absolute atomic E-state index is 12.6. The lowest BCUT2D eigenvalue weighted by Gasteiger charge is -2.25. The van der Waals surface area contributed by atoms with E-state index in [4.69, 9.17) is 9.47 Å². The first kappa shape index (κ1) is 16.1. The smallest absolute Gasteiger partial charge is 0.322 e. The fourth-order valence-electron chi connectivity index (χ4n) is 2.98. The number of amides is 2. The van der Waals surface area contributed by atoms with Gasteiger partial charge >= 0.3 is 6.03 Å². The summed E-state index contributed by atoms with van der Waals surface area (Å²) in [5.41, 5.74) is 1.74. The highest BCUT2D eigenvalue weighted by molar-refractivity contribution is 5.89. The molecule has 0 bridgehead atoms. The average molecular weight is 327 g/mol. The molecule has 1 N–H and O–H groups in total. The molecule has 2 aromatic rings. The third kappa shape index (κ3) is 3.42. The normalized spacial score (nSPS) is 16.8. The van der Waals surface area contributed by atoms with Gasteiger partial charge in [0, 0.05) is 12.6 Å². The maximum Gasteiger partial charge on any atom is 0.322 e. The fraction of sp³-hybridized carbons (Fsp3) is 0.333. The molecule has 6 nitrogen and oxygen atoms in total. The van der Waals surface area contributed by atoms with Gasteiger partial charge in [0.2, 0.25) is 5.88 Å². The molecule has 1 unspecified atom stereocenters. The second kappa shape index (κ2) is 7.21. The van der Waals surface area contributed by atoms with Crippen LogP contribution in [-0.4, -0.2) is 36.7 Å². The van der Waals surface area contributed by atoms with E-state index in [2.05, 4.69) is 10.3 Å². The molecule has 1 atom stereocenters. The maximum atomic E-state index is 12.6. The summed E-state index contributed by atoms with van der Waals surface area (Å²) in [6.07, 6.45) is 3.52. The molecule has 0 spiro atoms. The lowest BCUT2D eigenvalue weighted by molar-refractivity contribution is 0.207. The molecule has 1 aliphatic heterocycles. The third-order valence-corrected chi connectivity index (χ3v) is 4.19. The number of ether oxygens (including phenoxy) is 2. The van der Waals surface area contributed by atoms with Gasteiger partial charge in [0.25, 0.3) is 0 Å². The number of nitrogens with zero attached hydrogens (tertiary/aromatic N) is 2. The van der Waals surface area contributed by atoms with E-state index in [1.54, 1.807) is 32.5 Å². The van der Waals surface area contributed by atoms with E-state index in [1.165, 1.54) is 0 Å². The van der Waals surface area contributed by atoms with Crippen LogP contribution in [0.25, 0.3) is 0 Å². The van der Waals surface area contributed by atoms with Gasteiger partial charge < -0.3 is 19.7 Å². The minimum Gasteiger partial charge on any atom is -0.497 e. The van der Waals surface area contributed by atoms with Gasteiger partial charge in [-0.2, -0.15) is 0 Å². The van der Waals surface area contributed by atoms with Crippen molar-refractivity contribution in [3.63, 3.8) is 0 Å².